The van der Waals surface area contributed by atoms with Gasteiger partial charge in [0.2, 0.25) is 5.89 Å². The minimum Gasteiger partial charge on any atom is -0.415 e. The first-order valence-electron chi connectivity index (χ1n) is 4.64. The van der Waals surface area contributed by atoms with Gasteiger partial charge in [0.25, 0.3) is 4.80 Å². The fraction of sp³-hybridized carbons (Fsp3) is 0.100. The molecule has 80 valence electrons. The van der Waals surface area contributed by atoms with Gasteiger partial charge in [-0.1, -0.05) is 17.3 Å². The molecule has 0 aliphatic rings. The topological polar surface area (TPSA) is 65.0 Å². The molecule has 6 heteroatoms. The lowest BCUT2D eigenvalue weighted by atomic mass is 10.2. The average molecular weight is 280 g/mol. The molecule has 0 aliphatic carbocycles. The van der Waals surface area contributed by atoms with Gasteiger partial charge in [-0.3, -0.25) is 0 Å². The molecule has 0 fully saturated rings. The van der Waals surface area contributed by atoms with Crippen molar-refractivity contribution < 1.29 is 8.94 Å². The standard InChI is InChI=1S/C10H6BrN3O2/c11-10-13-12-9(15-10)5-7-6-3-1-2-4-8(6)16-14-7/h1-4H,5H2. The van der Waals surface area contributed by atoms with Crippen LogP contribution < -0.4 is 0 Å². The van der Waals surface area contributed by atoms with E-state index in [4.69, 9.17) is 8.94 Å². The highest BCUT2D eigenvalue weighted by atomic mass is 79.9. The van der Waals surface area contributed by atoms with E-state index < -0.39 is 0 Å². The van der Waals surface area contributed by atoms with E-state index in [0.29, 0.717) is 17.1 Å². The summed E-state index contributed by atoms with van der Waals surface area (Å²) >= 11 is 3.10. The SMILES string of the molecule is Brc1nnc(Cc2noc3ccccc23)o1. The molecule has 0 amide bonds. The quantitative estimate of drug-likeness (QED) is 0.721. The molecule has 0 atom stereocenters. The first kappa shape index (κ1) is 9.53. The molecule has 0 bridgehead atoms. The Kier molecular flexibility index (Phi) is 2.21. The lowest BCUT2D eigenvalue weighted by Crippen LogP contribution is -1.88. The summed E-state index contributed by atoms with van der Waals surface area (Å²) in [6.07, 6.45) is 0.468. The molecule has 16 heavy (non-hydrogen) atoms. The number of rotatable bonds is 2. The molecule has 0 radical (unpaired) electrons. The Hall–Kier alpha value is -1.69. The highest BCUT2D eigenvalue weighted by Crippen LogP contribution is 2.20. The van der Waals surface area contributed by atoms with E-state index in [-0.39, 0.29) is 0 Å². The van der Waals surface area contributed by atoms with Crippen molar-refractivity contribution in [3.05, 3.63) is 40.7 Å². The van der Waals surface area contributed by atoms with E-state index in [1.165, 1.54) is 0 Å². The molecule has 0 aliphatic heterocycles. The molecule has 0 unspecified atom stereocenters. The van der Waals surface area contributed by atoms with E-state index >= 15 is 0 Å². The van der Waals surface area contributed by atoms with Gasteiger partial charge in [-0.2, -0.15) is 0 Å². The van der Waals surface area contributed by atoms with Crippen molar-refractivity contribution in [3.8, 4) is 0 Å². The predicted octanol–water partition coefficient (Wildman–Crippen LogP) is 2.56. The van der Waals surface area contributed by atoms with Gasteiger partial charge in [0.1, 0.15) is 5.69 Å². The van der Waals surface area contributed by atoms with Crippen molar-refractivity contribution in [2.24, 2.45) is 0 Å². The summed E-state index contributed by atoms with van der Waals surface area (Å²) in [5.74, 6) is 0.505. The molecule has 3 aromatic rings. The second-order valence-electron chi connectivity index (χ2n) is 3.25. The second-order valence-corrected chi connectivity index (χ2v) is 3.93. The third kappa shape index (κ3) is 1.61. The zero-order chi connectivity index (χ0) is 11.0. The number of nitrogens with zero attached hydrogens (tertiary/aromatic N) is 3. The van der Waals surface area contributed by atoms with Crippen molar-refractivity contribution in [2.75, 3.05) is 0 Å². The number of fused-ring (bicyclic) bond motifs is 1. The van der Waals surface area contributed by atoms with Gasteiger partial charge in [0.05, 0.1) is 6.42 Å². The normalized spacial score (nSPS) is 11.1. The number of hydrogen-bond donors (Lipinski definition) is 0. The fourth-order valence-electron chi connectivity index (χ4n) is 1.51. The van der Waals surface area contributed by atoms with Crippen LogP contribution in [0.2, 0.25) is 0 Å². The first-order chi connectivity index (χ1) is 7.83. The Morgan fingerprint density at radius 1 is 1.19 bits per heavy atom. The molecule has 0 saturated heterocycles. The number of halogens is 1. The highest BCUT2D eigenvalue weighted by Gasteiger charge is 2.11. The smallest absolute Gasteiger partial charge is 0.284 e. The summed E-state index contributed by atoms with van der Waals surface area (Å²) in [6.45, 7) is 0. The molecular weight excluding hydrogens is 274 g/mol. The van der Waals surface area contributed by atoms with Gasteiger partial charge >= 0.3 is 0 Å². The maximum atomic E-state index is 5.22. The monoisotopic (exact) mass is 279 g/mol. The molecule has 0 saturated carbocycles. The van der Waals surface area contributed by atoms with Crippen LogP contribution in [0.15, 0.2) is 38.0 Å². The molecule has 2 aromatic heterocycles. The van der Waals surface area contributed by atoms with Crippen molar-refractivity contribution >= 4 is 26.9 Å². The minimum atomic E-state index is 0.371. The van der Waals surface area contributed by atoms with Crippen molar-refractivity contribution in [3.63, 3.8) is 0 Å². The van der Waals surface area contributed by atoms with Crippen LogP contribution in [0, 0.1) is 0 Å². The van der Waals surface area contributed by atoms with Gasteiger partial charge in [-0.25, -0.2) is 0 Å². The molecule has 0 N–H and O–H groups in total. The van der Waals surface area contributed by atoms with Crippen molar-refractivity contribution in [1.29, 1.82) is 0 Å². The van der Waals surface area contributed by atoms with Gasteiger partial charge < -0.3 is 8.94 Å². The van der Waals surface area contributed by atoms with Crippen LogP contribution in [0.25, 0.3) is 11.0 Å². The van der Waals surface area contributed by atoms with Crippen LogP contribution in [-0.4, -0.2) is 15.4 Å². The van der Waals surface area contributed by atoms with Crippen LogP contribution in [0.1, 0.15) is 11.6 Å². The molecule has 5 nitrogen and oxygen atoms in total. The maximum absolute atomic E-state index is 5.22. The average Bonchev–Trinajstić information content (AvgIpc) is 2.87. The van der Waals surface area contributed by atoms with Gasteiger partial charge in [-0.05, 0) is 12.1 Å². The molecule has 0 spiro atoms. The second kappa shape index (κ2) is 3.71. The summed E-state index contributed by atoms with van der Waals surface area (Å²) in [4.78, 5) is 0.371. The van der Waals surface area contributed by atoms with Crippen LogP contribution >= 0.6 is 15.9 Å². The summed E-state index contributed by atoms with van der Waals surface area (Å²) in [5.41, 5.74) is 1.56. The minimum absolute atomic E-state index is 0.371. The van der Waals surface area contributed by atoms with Crippen LogP contribution in [-0.2, 0) is 6.42 Å². The van der Waals surface area contributed by atoms with E-state index in [1.807, 2.05) is 24.3 Å². The molecule has 3 rings (SSSR count). The van der Waals surface area contributed by atoms with Crippen LogP contribution in [0.3, 0.4) is 0 Å². The lowest BCUT2D eigenvalue weighted by molar-refractivity contribution is 0.437. The van der Waals surface area contributed by atoms with Crippen LogP contribution in [0.4, 0.5) is 0 Å². The Bertz CT molecular complexity index is 632. The van der Waals surface area contributed by atoms with Crippen molar-refractivity contribution in [2.45, 2.75) is 6.42 Å². The summed E-state index contributed by atoms with van der Waals surface area (Å²) in [6, 6.07) is 7.66. The number of hydrogen-bond acceptors (Lipinski definition) is 5. The predicted molar refractivity (Wildman–Crippen MR) is 58.8 cm³/mol. The van der Waals surface area contributed by atoms with E-state index in [0.717, 1.165) is 16.7 Å². The number of benzene rings is 1. The summed E-state index contributed by atoms with van der Waals surface area (Å²) in [7, 11) is 0. The third-order valence-electron chi connectivity index (χ3n) is 2.21. The van der Waals surface area contributed by atoms with Gasteiger partial charge in [0, 0.05) is 21.3 Å². The zero-order valence-corrected chi connectivity index (χ0v) is 9.64. The lowest BCUT2D eigenvalue weighted by Gasteiger charge is -1.89. The van der Waals surface area contributed by atoms with Gasteiger partial charge in [0.15, 0.2) is 5.58 Å². The maximum Gasteiger partial charge on any atom is 0.284 e. The third-order valence-corrected chi connectivity index (χ3v) is 2.53. The summed E-state index contributed by atoms with van der Waals surface area (Å²) in [5, 5.41) is 12.5. The largest absolute Gasteiger partial charge is 0.415 e. The fourth-order valence-corrected chi connectivity index (χ4v) is 1.78. The first-order valence-corrected chi connectivity index (χ1v) is 5.43. The van der Waals surface area contributed by atoms with E-state index in [1.54, 1.807) is 0 Å². The number of para-hydroxylation sites is 1. The Balaban J connectivity index is 2.00. The zero-order valence-electron chi connectivity index (χ0n) is 8.05. The Morgan fingerprint density at radius 3 is 2.88 bits per heavy atom. The van der Waals surface area contributed by atoms with E-state index in [2.05, 4.69) is 31.3 Å². The van der Waals surface area contributed by atoms with Gasteiger partial charge in [-0.15, -0.1) is 10.2 Å². The Labute approximate surface area is 98.6 Å². The van der Waals surface area contributed by atoms with E-state index in [9.17, 15) is 0 Å². The molecular formula is C10H6BrN3O2. The Morgan fingerprint density at radius 2 is 2.06 bits per heavy atom. The molecule has 2 heterocycles. The molecule has 1 aromatic carbocycles. The van der Waals surface area contributed by atoms with Crippen LogP contribution in [0.5, 0.6) is 0 Å². The summed E-state index contributed by atoms with van der Waals surface area (Å²) < 4.78 is 10.4. The highest BCUT2D eigenvalue weighted by molar-refractivity contribution is 9.10. The van der Waals surface area contributed by atoms with Crippen molar-refractivity contribution in [1.82, 2.24) is 15.4 Å². The number of aromatic nitrogens is 3.